The maximum atomic E-state index is 11.6. The Morgan fingerprint density at radius 3 is 2.68 bits per heavy atom. The van der Waals surface area contributed by atoms with Crippen LogP contribution in [0.25, 0.3) is 0 Å². The molecule has 1 aromatic rings. The van der Waals surface area contributed by atoms with Gasteiger partial charge in [-0.25, -0.2) is 9.97 Å². The van der Waals surface area contributed by atoms with Crippen LogP contribution in [0.2, 0.25) is 0 Å². The number of hydrogen-bond donors (Lipinski definition) is 2. The zero-order valence-corrected chi connectivity index (χ0v) is 12.1. The van der Waals surface area contributed by atoms with Gasteiger partial charge >= 0.3 is 0 Å². The fourth-order valence-corrected chi connectivity index (χ4v) is 1.99. The van der Waals surface area contributed by atoms with Gasteiger partial charge in [0.1, 0.15) is 18.0 Å². The van der Waals surface area contributed by atoms with Gasteiger partial charge in [-0.3, -0.25) is 4.79 Å². The molecule has 0 fully saturated rings. The molecule has 0 aliphatic heterocycles. The lowest BCUT2D eigenvalue weighted by molar-refractivity contribution is -0.119. The van der Waals surface area contributed by atoms with Crippen LogP contribution in [-0.2, 0) is 4.79 Å². The third-order valence-corrected chi connectivity index (χ3v) is 2.88. The summed E-state index contributed by atoms with van der Waals surface area (Å²) in [6, 6.07) is 0. The van der Waals surface area contributed by atoms with Gasteiger partial charge in [0.05, 0.1) is 6.54 Å². The Balaban J connectivity index is 3.14. The average Bonchev–Trinajstić information content (AvgIpc) is 2.37. The molecule has 3 N–H and O–H groups in total. The third-order valence-electron chi connectivity index (χ3n) is 2.88. The van der Waals surface area contributed by atoms with Crippen LogP contribution in [0.15, 0.2) is 6.33 Å². The molecule has 1 aromatic heterocycles. The fourth-order valence-electron chi connectivity index (χ4n) is 1.99. The monoisotopic (exact) mass is 265 g/mol. The Hall–Kier alpha value is -1.85. The molecular weight excluding hydrogens is 242 g/mol. The van der Waals surface area contributed by atoms with E-state index in [9.17, 15) is 4.79 Å². The minimum atomic E-state index is -0.0414. The molecule has 106 valence electrons. The van der Waals surface area contributed by atoms with E-state index in [0.29, 0.717) is 5.82 Å². The van der Waals surface area contributed by atoms with Crippen molar-refractivity contribution >= 4 is 17.5 Å². The van der Waals surface area contributed by atoms with Crippen molar-refractivity contribution in [2.45, 2.75) is 33.1 Å². The topological polar surface area (TPSA) is 84.1 Å². The molecule has 0 saturated heterocycles. The number of nitrogens with one attached hydrogen (secondary N) is 1. The summed E-state index contributed by atoms with van der Waals surface area (Å²) in [5, 5.41) is 2.63. The number of anilines is 2. The van der Waals surface area contributed by atoms with E-state index in [1.807, 2.05) is 18.7 Å². The van der Waals surface area contributed by atoms with E-state index in [2.05, 4.69) is 22.2 Å². The third kappa shape index (κ3) is 3.81. The Kier molecular flexibility index (Phi) is 5.54. The predicted octanol–water partition coefficient (Wildman–Crippen LogP) is 1.14. The second kappa shape index (κ2) is 6.92. The van der Waals surface area contributed by atoms with E-state index in [-0.39, 0.29) is 18.4 Å². The molecule has 0 unspecified atom stereocenters. The fraction of sp³-hybridized carbons (Fsp3) is 0.615. The summed E-state index contributed by atoms with van der Waals surface area (Å²) in [6.45, 7) is 7.19. The van der Waals surface area contributed by atoms with Crippen molar-refractivity contribution < 1.29 is 4.79 Å². The highest BCUT2D eigenvalue weighted by Gasteiger charge is 2.19. The molecule has 1 rings (SSSR count). The highest BCUT2D eigenvalue weighted by molar-refractivity contribution is 5.81. The Morgan fingerprint density at radius 1 is 1.47 bits per heavy atom. The van der Waals surface area contributed by atoms with E-state index in [0.717, 1.165) is 24.3 Å². The van der Waals surface area contributed by atoms with E-state index in [1.54, 1.807) is 7.05 Å². The van der Waals surface area contributed by atoms with Crippen LogP contribution in [-0.4, -0.2) is 36.0 Å². The van der Waals surface area contributed by atoms with E-state index >= 15 is 0 Å². The highest BCUT2D eigenvalue weighted by atomic mass is 16.1. The Bertz CT molecular complexity index is 433. The zero-order valence-electron chi connectivity index (χ0n) is 12.1. The van der Waals surface area contributed by atoms with Gasteiger partial charge in [-0.1, -0.05) is 20.8 Å². The molecular formula is C13H23N5O. The normalized spacial score (nSPS) is 10.6. The second-order valence-electron chi connectivity index (χ2n) is 4.75. The second-order valence-corrected chi connectivity index (χ2v) is 4.75. The number of likely N-dealkylation sites (N-methyl/N-ethyl adjacent to an activating group) is 1. The van der Waals surface area contributed by atoms with Gasteiger partial charge in [-0.15, -0.1) is 0 Å². The number of nitrogen functional groups attached to an aromatic ring is 1. The summed E-state index contributed by atoms with van der Waals surface area (Å²) in [5.74, 6) is 1.41. The lowest BCUT2D eigenvalue weighted by Gasteiger charge is -2.26. The Morgan fingerprint density at radius 2 is 2.16 bits per heavy atom. The minimum Gasteiger partial charge on any atom is -0.383 e. The SMILES string of the molecule is CCCN(CC(=O)NC)c1ncnc(N)c1C(C)C. The average molecular weight is 265 g/mol. The van der Waals surface area contributed by atoms with Crippen LogP contribution in [0.1, 0.15) is 38.7 Å². The van der Waals surface area contributed by atoms with E-state index in [4.69, 9.17) is 5.73 Å². The summed E-state index contributed by atoms with van der Waals surface area (Å²) in [5.41, 5.74) is 6.84. The summed E-state index contributed by atoms with van der Waals surface area (Å²) in [4.78, 5) is 21.9. The maximum Gasteiger partial charge on any atom is 0.239 e. The standard InChI is InChI=1S/C13H23N5O/c1-5-6-18(7-10(19)15-4)13-11(9(2)3)12(14)16-8-17-13/h8-9H,5-7H2,1-4H3,(H,15,19)(H2,14,16,17). The van der Waals surface area contributed by atoms with Gasteiger partial charge in [-0.05, 0) is 12.3 Å². The van der Waals surface area contributed by atoms with Gasteiger partial charge in [0.2, 0.25) is 5.91 Å². The van der Waals surface area contributed by atoms with Gasteiger partial charge in [0, 0.05) is 19.2 Å². The number of aromatic nitrogens is 2. The van der Waals surface area contributed by atoms with Crippen LogP contribution in [0, 0.1) is 0 Å². The van der Waals surface area contributed by atoms with E-state index < -0.39 is 0 Å². The highest BCUT2D eigenvalue weighted by Crippen LogP contribution is 2.29. The molecule has 0 bridgehead atoms. The Labute approximate surface area is 114 Å². The summed E-state index contributed by atoms with van der Waals surface area (Å²) < 4.78 is 0. The van der Waals surface area contributed by atoms with Crippen molar-refractivity contribution in [1.82, 2.24) is 15.3 Å². The minimum absolute atomic E-state index is 0.0414. The number of amides is 1. The first kappa shape index (κ1) is 15.2. The van der Waals surface area contributed by atoms with Crippen molar-refractivity contribution in [3.8, 4) is 0 Å². The van der Waals surface area contributed by atoms with Gasteiger partial charge in [-0.2, -0.15) is 0 Å². The number of nitrogens with zero attached hydrogens (tertiary/aromatic N) is 3. The number of carbonyl (C=O) groups is 1. The molecule has 0 radical (unpaired) electrons. The molecule has 0 atom stereocenters. The van der Waals surface area contributed by atoms with Crippen molar-refractivity contribution in [2.75, 3.05) is 30.8 Å². The number of rotatable bonds is 6. The molecule has 0 spiro atoms. The van der Waals surface area contributed by atoms with E-state index in [1.165, 1.54) is 6.33 Å². The van der Waals surface area contributed by atoms with Gasteiger partial charge in [0.25, 0.3) is 0 Å². The molecule has 1 heterocycles. The number of nitrogens with two attached hydrogens (primary N) is 1. The molecule has 6 heteroatoms. The van der Waals surface area contributed by atoms with Gasteiger partial charge in [0.15, 0.2) is 0 Å². The zero-order chi connectivity index (χ0) is 14.4. The summed E-state index contributed by atoms with van der Waals surface area (Å²) in [6.07, 6.45) is 2.38. The number of hydrogen-bond acceptors (Lipinski definition) is 5. The molecule has 1 amide bonds. The van der Waals surface area contributed by atoms with Crippen LogP contribution >= 0.6 is 0 Å². The van der Waals surface area contributed by atoms with Crippen LogP contribution in [0.4, 0.5) is 11.6 Å². The first-order valence-corrected chi connectivity index (χ1v) is 6.57. The first-order valence-electron chi connectivity index (χ1n) is 6.57. The smallest absolute Gasteiger partial charge is 0.239 e. The van der Waals surface area contributed by atoms with Crippen molar-refractivity contribution in [3.63, 3.8) is 0 Å². The molecule has 0 aromatic carbocycles. The first-order chi connectivity index (χ1) is 9.01. The van der Waals surface area contributed by atoms with Crippen molar-refractivity contribution in [1.29, 1.82) is 0 Å². The largest absolute Gasteiger partial charge is 0.383 e. The molecule has 19 heavy (non-hydrogen) atoms. The predicted molar refractivity (Wildman–Crippen MR) is 77.1 cm³/mol. The molecule has 0 aliphatic carbocycles. The molecule has 6 nitrogen and oxygen atoms in total. The lowest BCUT2D eigenvalue weighted by atomic mass is 10.0. The molecule has 0 saturated carbocycles. The summed E-state index contributed by atoms with van der Waals surface area (Å²) in [7, 11) is 1.63. The number of carbonyl (C=O) groups excluding carboxylic acids is 1. The van der Waals surface area contributed by atoms with Crippen molar-refractivity contribution in [3.05, 3.63) is 11.9 Å². The van der Waals surface area contributed by atoms with Gasteiger partial charge < -0.3 is 16.0 Å². The summed E-state index contributed by atoms with van der Waals surface area (Å²) >= 11 is 0. The van der Waals surface area contributed by atoms with Crippen LogP contribution < -0.4 is 16.0 Å². The van der Waals surface area contributed by atoms with Crippen molar-refractivity contribution in [2.24, 2.45) is 0 Å². The molecule has 0 aliphatic rings. The van der Waals surface area contributed by atoms with Crippen LogP contribution in [0.5, 0.6) is 0 Å². The maximum absolute atomic E-state index is 11.6. The van der Waals surface area contributed by atoms with Crippen LogP contribution in [0.3, 0.4) is 0 Å². The quantitative estimate of drug-likeness (QED) is 0.806. The lowest BCUT2D eigenvalue weighted by Crippen LogP contribution is -2.37.